The summed E-state index contributed by atoms with van der Waals surface area (Å²) in [5.74, 6) is -2.85. The Bertz CT molecular complexity index is 369. The second-order valence-electron chi connectivity index (χ2n) is 4.39. The first-order valence-electron chi connectivity index (χ1n) is 5.99. The maximum Gasteiger partial charge on any atom is 0.289 e. The summed E-state index contributed by atoms with van der Waals surface area (Å²) in [5.41, 5.74) is 0.426. The lowest BCUT2D eigenvalue weighted by Gasteiger charge is -2.19. The molecule has 0 bridgehead atoms. The normalized spacial score (nSPS) is 13.2. The van der Waals surface area contributed by atoms with Crippen LogP contribution in [0.3, 0.4) is 0 Å². The third kappa shape index (κ3) is 3.91. The lowest BCUT2D eigenvalue weighted by atomic mass is 10.0. The van der Waals surface area contributed by atoms with Crippen molar-refractivity contribution >= 4 is 5.71 Å². The van der Waals surface area contributed by atoms with Crippen LogP contribution in [-0.2, 0) is 0 Å². The van der Waals surface area contributed by atoms with Crippen LogP contribution in [-0.4, -0.2) is 17.7 Å². The highest BCUT2D eigenvalue weighted by Gasteiger charge is 2.35. The topological polar surface area (TPSA) is 12.4 Å². The third-order valence-electron chi connectivity index (χ3n) is 2.34. The minimum atomic E-state index is -2.85. The monoisotopic (exact) mass is 239 g/mol. The summed E-state index contributed by atoms with van der Waals surface area (Å²) in [4.78, 5) is 4.10. The molecule has 0 aliphatic rings. The summed E-state index contributed by atoms with van der Waals surface area (Å²) >= 11 is 0. The molecule has 0 saturated carbocycles. The summed E-state index contributed by atoms with van der Waals surface area (Å²) in [5, 5.41) is 0. The molecule has 0 heterocycles. The highest BCUT2D eigenvalue weighted by atomic mass is 19.3. The third-order valence-corrected chi connectivity index (χ3v) is 2.34. The van der Waals surface area contributed by atoms with Crippen molar-refractivity contribution in [3.05, 3.63) is 35.9 Å². The van der Waals surface area contributed by atoms with Gasteiger partial charge in [-0.15, -0.1) is 0 Å². The van der Waals surface area contributed by atoms with Crippen LogP contribution in [0.5, 0.6) is 0 Å². The average molecular weight is 239 g/mol. The van der Waals surface area contributed by atoms with Crippen LogP contribution in [0.4, 0.5) is 8.78 Å². The van der Waals surface area contributed by atoms with Crippen LogP contribution >= 0.6 is 0 Å². The molecule has 1 rings (SSSR count). The number of benzene rings is 1. The Morgan fingerprint density at radius 2 is 1.82 bits per heavy atom. The van der Waals surface area contributed by atoms with E-state index >= 15 is 0 Å². The van der Waals surface area contributed by atoms with Gasteiger partial charge >= 0.3 is 0 Å². The van der Waals surface area contributed by atoms with E-state index in [4.69, 9.17) is 0 Å². The Kier molecular flexibility index (Phi) is 4.79. The quantitative estimate of drug-likeness (QED) is 0.678. The summed E-state index contributed by atoms with van der Waals surface area (Å²) in [6.45, 7) is 5.38. The molecular formula is C14H19F2N. The van der Waals surface area contributed by atoms with Crippen LogP contribution in [0.25, 0.3) is 0 Å². The van der Waals surface area contributed by atoms with Gasteiger partial charge in [0.25, 0.3) is 5.92 Å². The Morgan fingerprint density at radius 1 is 1.24 bits per heavy atom. The lowest BCUT2D eigenvalue weighted by Crippen LogP contribution is -2.30. The molecule has 0 saturated heterocycles. The van der Waals surface area contributed by atoms with Gasteiger partial charge < -0.3 is 0 Å². The maximum absolute atomic E-state index is 14.0. The van der Waals surface area contributed by atoms with Crippen molar-refractivity contribution in [1.29, 1.82) is 0 Å². The minimum Gasteiger partial charge on any atom is -0.280 e. The molecule has 94 valence electrons. The molecular weight excluding hydrogens is 220 g/mol. The Balaban J connectivity index is 3.14. The molecule has 0 aliphatic heterocycles. The van der Waals surface area contributed by atoms with Crippen LogP contribution in [0, 0.1) is 0 Å². The van der Waals surface area contributed by atoms with Gasteiger partial charge in [-0.3, -0.25) is 4.99 Å². The molecule has 0 N–H and O–H groups in total. The smallest absolute Gasteiger partial charge is 0.280 e. The number of hydrogen-bond donors (Lipinski definition) is 0. The van der Waals surface area contributed by atoms with E-state index in [0.717, 1.165) is 0 Å². The summed E-state index contributed by atoms with van der Waals surface area (Å²) in [6.07, 6.45) is 0.282. The highest BCUT2D eigenvalue weighted by molar-refractivity contribution is 6.05. The molecule has 0 unspecified atom stereocenters. The number of nitrogens with zero attached hydrogens (tertiary/aromatic N) is 1. The van der Waals surface area contributed by atoms with Crippen molar-refractivity contribution < 1.29 is 8.78 Å². The van der Waals surface area contributed by atoms with Gasteiger partial charge in [0.05, 0.1) is 0 Å². The average Bonchev–Trinajstić information content (AvgIpc) is 2.26. The molecule has 0 spiro atoms. The van der Waals surface area contributed by atoms with Gasteiger partial charge in [0.15, 0.2) is 0 Å². The van der Waals surface area contributed by atoms with Crippen molar-refractivity contribution in [3.8, 4) is 0 Å². The fourth-order valence-electron chi connectivity index (χ4n) is 1.67. The van der Waals surface area contributed by atoms with Crippen LogP contribution in [0.2, 0.25) is 0 Å². The minimum absolute atomic E-state index is 0.0880. The van der Waals surface area contributed by atoms with Gasteiger partial charge in [-0.25, -0.2) is 0 Å². The van der Waals surface area contributed by atoms with Crippen molar-refractivity contribution in [1.82, 2.24) is 0 Å². The van der Waals surface area contributed by atoms with E-state index in [2.05, 4.69) is 4.99 Å². The lowest BCUT2D eigenvalue weighted by molar-refractivity contribution is 0.0675. The molecule has 0 amide bonds. The van der Waals surface area contributed by atoms with Gasteiger partial charge in [-0.2, -0.15) is 8.78 Å². The zero-order valence-electron chi connectivity index (χ0n) is 10.6. The number of aliphatic imine (C=N–C) groups is 1. The predicted molar refractivity (Wildman–Crippen MR) is 68.0 cm³/mol. The van der Waals surface area contributed by atoms with E-state index in [0.29, 0.717) is 12.0 Å². The molecule has 0 aromatic heterocycles. The Morgan fingerprint density at radius 3 is 2.29 bits per heavy atom. The number of halogens is 2. The molecule has 0 atom stereocenters. The first kappa shape index (κ1) is 13.8. The van der Waals surface area contributed by atoms with Gasteiger partial charge in [-0.05, 0) is 13.8 Å². The summed E-state index contributed by atoms with van der Waals surface area (Å²) in [7, 11) is 0. The summed E-state index contributed by atoms with van der Waals surface area (Å²) in [6, 6.07) is 8.57. The standard InChI is InChI=1S/C14H19F2N/c1-4-10-14(15,16)13(17-11(2)3)12-8-6-5-7-9-12/h5-9,11H,4,10H2,1-3H3. The molecule has 1 nitrogen and oxygen atoms in total. The van der Waals surface area contributed by atoms with E-state index in [1.807, 2.05) is 19.9 Å². The van der Waals surface area contributed by atoms with Gasteiger partial charge in [-0.1, -0.05) is 43.7 Å². The Hall–Kier alpha value is -1.25. The number of hydrogen-bond acceptors (Lipinski definition) is 1. The van der Waals surface area contributed by atoms with Crippen LogP contribution < -0.4 is 0 Å². The van der Waals surface area contributed by atoms with Gasteiger partial charge in [0.1, 0.15) is 5.71 Å². The van der Waals surface area contributed by atoms with E-state index in [9.17, 15) is 8.78 Å². The SMILES string of the molecule is CCCC(F)(F)C(=NC(C)C)c1ccccc1. The van der Waals surface area contributed by atoms with E-state index in [1.54, 1.807) is 31.2 Å². The second kappa shape index (κ2) is 5.89. The number of alkyl halides is 2. The fourth-order valence-corrected chi connectivity index (χ4v) is 1.67. The van der Waals surface area contributed by atoms with Crippen molar-refractivity contribution in [2.75, 3.05) is 0 Å². The summed E-state index contributed by atoms with van der Waals surface area (Å²) < 4.78 is 28.0. The zero-order valence-corrected chi connectivity index (χ0v) is 10.6. The second-order valence-corrected chi connectivity index (χ2v) is 4.39. The highest BCUT2D eigenvalue weighted by Crippen LogP contribution is 2.26. The van der Waals surface area contributed by atoms with Crippen molar-refractivity contribution in [2.24, 2.45) is 4.99 Å². The van der Waals surface area contributed by atoms with E-state index in [-0.39, 0.29) is 18.2 Å². The number of rotatable bonds is 5. The van der Waals surface area contributed by atoms with Crippen LogP contribution in [0.15, 0.2) is 35.3 Å². The van der Waals surface area contributed by atoms with Crippen molar-refractivity contribution in [2.45, 2.75) is 45.6 Å². The van der Waals surface area contributed by atoms with Gasteiger partial charge in [0.2, 0.25) is 0 Å². The van der Waals surface area contributed by atoms with Crippen molar-refractivity contribution in [3.63, 3.8) is 0 Å². The Labute approximate surface area is 102 Å². The van der Waals surface area contributed by atoms with Crippen LogP contribution in [0.1, 0.15) is 39.2 Å². The predicted octanol–water partition coefficient (Wildman–Crippen LogP) is 4.32. The largest absolute Gasteiger partial charge is 0.289 e. The molecule has 1 aromatic rings. The fraction of sp³-hybridized carbons (Fsp3) is 0.500. The first-order valence-corrected chi connectivity index (χ1v) is 5.99. The molecule has 0 aliphatic carbocycles. The first-order chi connectivity index (χ1) is 7.97. The van der Waals surface area contributed by atoms with Gasteiger partial charge in [0, 0.05) is 18.0 Å². The molecule has 0 fully saturated rings. The zero-order chi connectivity index (χ0) is 12.9. The molecule has 1 aromatic carbocycles. The van der Waals surface area contributed by atoms with E-state index < -0.39 is 5.92 Å². The molecule has 0 radical (unpaired) electrons. The molecule has 3 heteroatoms. The maximum atomic E-state index is 14.0. The van der Waals surface area contributed by atoms with E-state index in [1.165, 1.54) is 0 Å². The molecule has 17 heavy (non-hydrogen) atoms.